The summed E-state index contributed by atoms with van der Waals surface area (Å²) in [5, 5.41) is 23.2. The molecule has 32 heavy (non-hydrogen) atoms. The molecular weight excluding hydrogens is 412 g/mol. The number of hydrogen-bond acceptors (Lipinski definition) is 3. The topological polar surface area (TPSA) is 49.7 Å². The minimum Gasteiger partial charge on any atom is -0.403 e. The van der Waals surface area contributed by atoms with Crippen molar-refractivity contribution in [1.29, 1.82) is 0 Å². The van der Waals surface area contributed by atoms with Crippen molar-refractivity contribution in [1.82, 2.24) is 0 Å². The summed E-state index contributed by atoms with van der Waals surface area (Å²) in [4.78, 5) is 0. The zero-order valence-corrected chi connectivity index (χ0v) is 21.5. The van der Waals surface area contributed by atoms with E-state index in [1.165, 1.54) is 16.4 Å². The van der Waals surface area contributed by atoms with E-state index in [0.717, 1.165) is 5.57 Å². The summed E-state index contributed by atoms with van der Waals surface area (Å²) in [6, 6.07) is 21.2. The highest BCUT2D eigenvalue weighted by Gasteiger charge is 2.50. The van der Waals surface area contributed by atoms with Gasteiger partial charge in [-0.05, 0) is 29.3 Å². The molecule has 0 aliphatic rings. The van der Waals surface area contributed by atoms with Crippen molar-refractivity contribution in [2.45, 2.75) is 64.7 Å². The highest BCUT2D eigenvalue weighted by atomic mass is 28.4. The highest BCUT2D eigenvalue weighted by Crippen LogP contribution is 2.37. The Balaban J connectivity index is 2.35. The van der Waals surface area contributed by atoms with E-state index in [9.17, 15) is 10.2 Å². The first kappa shape index (κ1) is 26.3. The fraction of sp³-hybridized carbons (Fsp3) is 0.429. The van der Waals surface area contributed by atoms with Gasteiger partial charge in [-0.1, -0.05) is 106 Å². The van der Waals surface area contributed by atoms with Crippen LogP contribution in [0.4, 0.5) is 0 Å². The van der Waals surface area contributed by atoms with Crippen LogP contribution in [0.3, 0.4) is 0 Å². The maximum Gasteiger partial charge on any atom is 0.261 e. The molecule has 0 bridgehead atoms. The van der Waals surface area contributed by atoms with Gasteiger partial charge in [0, 0.05) is 12.3 Å². The molecule has 0 aromatic heterocycles. The molecule has 174 valence electrons. The monoisotopic (exact) mass is 452 g/mol. The smallest absolute Gasteiger partial charge is 0.261 e. The summed E-state index contributed by atoms with van der Waals surface area (Å²) >= 11 is 0. The molecule has 0 amide bonds. The van der Waals surface area contributed by atoms with Gasteiger partial charge in [0.1, 0.15) is 0 Å². The number of benzene rings is 2. The second kappa shape index (κ2) is 10.8. The van der Waals surface area contributed by atoms with Gasteiger partial charge in [-0.15, -0.1) is 6.58 Å². The second-order valence-electron chi connectivity index (χ2n) is 10.2. The molecule has 3 atom stereocenters. The van der Waals surface area contributed by atoms with Gasteiger partial charge in [0.15, 0.2) is 0 Å². The number of rotatable bonds is 10. The SMILES string of the molecule is C=CC(C)(O)C[C@@H](O)[C@H](C)/C=C(\C)CO[Si](c1ccccc1)(c1ccccc1)C(C)(C)C. The maximum atomic E-state index is 10.6. The van der Waals surface area contributed by atoms with Gasteiger partial charge in [0.25, 0.3) is 8.32 Å². The third kappa shape index (κ3) is 6.29. The maximum absolute atomic E-state index is 10.6. The van der Waals surface area contributed by atoms with Crippen LogP contribution in [0.1, 0.15) is 48.0 Å². The molecule has 0 saturated heterocycles. The second-order valence-corrected chi connectivity index (χ2v) is 14.5. The third-order valence-corrected chi connectivity index (χ3v) is 11.1. The first-order chi connectivity index (χ1) is 14.9. The van der Waals surface area contributed by atoms with Gasteiger partial charge >= 0.3 is 0 Å². The average molecular weight is 453 g/mol. The molecule has 0 fully saturated rings. The van der Waals surface area contributed by atoms with Crippen LogP contribution < -0.4 is 10.4 Å². The first-order valence-electron chi connectivity index (χ1n) is 11.4. The zero-order chi connectivity index (χ0) is 24.0. The molecule has 0 radical (unpaired) electrons. The van der Waals surface area contributed by atoms with Crippen molar-refractivity contribution in [2.24, 2.45) is 5.92 Å². The van der Waals surface area contributed by atoms with Crippen molar-refractivity contribution < 1.29 is 14.6 Å². The van der Waals surface area contributed by atoms with E-state index in [2.05, 4.69) is 82.0 Å². The van der Waals surface area contributed by atoms with Crippen molar-refractivity contribution in [3.63, 3.8) is 0 Å². The number of aliphatic hydroxyl groups excluding tert-OH is 1. The fourth-order valence-corrected chi connectivity index (χ4v) is 8.88. The number of aliphatic hydroxyl groups is 2. The van der Waals surface area contributed by atoms with Gasteiger partial charge in [0.2, 0.25) is 0 Å². The molecule has 2 rings (SSSR count). The predicted octanol–water partition coefficient (Wildman–Crippen LogP) is 4.83. The standard InChI is InChI=1S/C28H40O3Si/c1-8-28(7,30)20-26(29)23(3)19-22(2)21-31-32(27(4,5)6,24-15-11-9-12-16-24)25-17-13-10-14-18-25/h8-19,23,26,29-30H,1,20-21H2,2-7H3/b22-19+/t23-,26-,28?/m1/s1. The lowest BCUT2D eigenvalue weighted by atomic mass is 9.91. The van der Waals surface area contributed by atoms with E-state index in [-0.39, 0.29) is 17.4 Å². The normalized spacial score (nSPS) is 16.8. The Morgan fingerprint density at radius 1 is 1.00 bits per heavy atom. The Labute approximate surface area is 195 Å². The molecule has 0 aliphatic carbocycles. The van der Waals surface area contributed by atoms with Gasteiger partial charge in [-0.25, -0.2) is 0 Å². The molecule has 1 unspecified atom stereocenters. The Morgan fingerprint density at radius 3 is 1.88 bits per heavy atom. The Kier molecular flexibility index (Phi) is 8.83. The molecule has 2 aromatic rings. The highest BCUT2D eigenvalue weighted by molar-refractivity contribution is 6.99. The lowest BCUT2D eigenvalue weighted by molar-refractivity contribution is 0.0257. The van der Waals surface area contributed by atoms with Crippen LogP contribution in [0.15, 0.2) is 85.0 Å². The Hall–Kier alpha value is -1.98. The van der Waals surface area contributed by atoms with Crippen LogP contribution in [-0.4, -0.2) is 36.8 Å². The minimum absolute atomic E-state index is 0.0796. The zero-order valence-electron chi connectivity index (χ0n) is 20.5. The molecule has 3 nitrogen and oxygen atoms in total. The van der Waals surface area contributed by atoms with E-state index in [1.807, 2.05) is 26.0 Å². The van der Waals surface area contributed by atoms with Crippen LogP contribution >= 0.6 is 0 Å². The minimum atomic E-state index is -2.59. The van der Waals surface area contributed by atoms with Gasteiger partial charge < -0.3 is 14.6 Å². The van der Waals surface area contributed by atoms with Crippen LogP contribution in [0.25, 0.3) is 0 Å². The molecular formula is C28H40O3Si. The Morgan fingerprint density at radius 2 is 1.47 bits per heavy atom. The molecule has 4 heteroatoms. The van der Waals surface area contributed by atoms with Gasteiger partial charge in [0.05, 0.1) is 18.3 Å². The van der Waals surface area contributed by atoms with E-state index >= 15 is 0 Å². The van der Waals surface area contributed by atoms with Gasteiger partial charge in [-0.3, -0.25) is 0 Å². The predicted molar refractivity (Wildman–Crippen MR) is 138 cm³/mol. The van der Waals surface area contributed by atoms with E-state index in [4.69, 9.17) is 4.43 Å². The summed E-state index contributed by atoms with van der Waals surface area (Å²) in [6.07, 6.45) is 3.12. The fourth-order valence-electron chi connectivity index (χ4n) is 4.28. The molecule has 2 N–H and O–H groups in total. The molecule has 2 aromatic carbocycles. The van der Waals surface area contributed by atoms with Crippen LogP contribution in [0, 0.1) is 5.92 Å². The first-order valence-corrected chi connectivity index (χ1v) is 13.3. The van der Waals surface area contributed by atoms with Crippen LogP contribution in [0.2, 0.25) is 5.04 Å². The summed E-state index contributed by atoms with van der Waals surface area (Å²) < 4.78 is 6.95. The largest absolute Gasteiger partial charge is 0.403 e. The molecule has 0 spiro atoms. The van der Waals surface area contributed by atoms with Crippen molar-refractivity contribution >= 4 is 18.7 Å². The number of hydrogen-bond donors (Lipinski definition) is 2. The van der Waals surface area contributed by atoms with Crippen LogP contribution in [0.5, 0.6) is 0 Å². The van der Waals surface area contributed by atoms with E-state index < -0.39 is 20.0 Å². The Bertz CT molecular complexity index is 842. The molecule has 0 heterocycles. The van der Waals surface area contributed by atoms with E-state index in [0.29, 0.717) is 6.61 Å². The van der Waals surface area contributed by atoms with Crippen LogP contribution in [-0.2, 0) is 4.43 Å². The van der Waals surface area contributed by atoms with Crippen molar-refractivity contribution in [3.05, 3.63) is 85.0 Å². The van der Waals surface area contributed by atoms with Crippen molar-refractivity contribution in [3.8, 4) is 0 Å². The van der Waals surface area contributed by atoms with E-state index in [1.54, 1.807) is 6.92 Å². The molecule has 0 saturated carbocycles. The lowest BCUT2D eigenvalue weighted by Gasteiger charge is -2.43. The summed E-state index contributed by atoms with van der Waals surface area (Å²) in [7, 11) is -2.59. The third-order valence-electron chi connectivity index (χ3n) is 6.15. The summed E-state index contributed by atoms with van der Waals surface area (Å²) in [5.41, 5.74) is -0.0105. The quantitative estimate of drug-likeness (QED) is 0.401. The molecule has 0 aliphatic heterocycles. The summed E-state index contributed by atoms with van der Waals surface area (Å²) in [6.45, 7) is 16.6. The average Bonchev–Trinajstić information content (AvgIpc) is 2.74. The van der Waals surface area contributed by atoms with Gasteiger partial charge in [-0.2, -0.15) is 0 Å². The van der Waals surface area contributed by atoms with Crippen molar-refractivity contribution in [2.75, 3.05) is 6.61 Å². The summed E-state index contributed by atoms with van der Waals surface area (Å²) in [5.74, 6) is -0.107. The lowest BCUT2D eigenvalue weighted by Crippen LogP contribution is -2.66.